The van der Waals surface area contributed by atoms with E-state index in [4.69, 9.17) is 4.98 Å². The van der Waals surface area contributed by atoms with Crippen molar-refractivity contribution in [2.45, 2.75) is 33.7 Å². The normalized spacial score (nSPS) is 11.9. The van der Waals surface area contributed by atoms with Gasteiger partial charge < -0.3 is 9.47 Å². The molecule has 4 rings (SSSR count). The van der Waals surface area contributed by atoms with Crippen molar-refractivity contribution in [2.24, 2.45) is 0 Å². The molecule has 0 aliphatic rings. The summed E-state index contributed by atoms with van der Waals surface area (Å²) >= 11 is 0. The van der Waals surface area contributed by atoms with Gasteiger partial charge in [-0.2, -0.15) is 0 Å². The third-order valence-corrected chi connectivity index (χ3v) is 5.46. The van der Waals surface area contributed by atoms with Crippen molar-refractivity contribution in [3.63, 3.8) is 0 Å². The number of hydrogen-bond donors (Lipinski definition) is 0. The lowest BCUT2D eigenvalue weighted by molar-refractivity contribution is 0.294. The minimum atomic E-state index is 0.972. The van der Waals surface area contributed by atoms with Crippen molar-refractivity contribution in [2.75, 3.05) is 19.6 Å². The van der Waals surface area contributed by atoms with Crippen molar-refractivity contribution in [3.8, 4) is 11.3 Å². The van der Waals surface area contributed by atoms with Crippen LogP contribution in [0.15, 0.2) is 54.7 Å². The number of nitrogens with zero attached hydrogens (tertiary/aromatic N) is 4. The maximum atomic E-state index is 4.93. The van der Waals surface area contributed by atoms with Gasteiger partial charge in [-0.1, -0.05) is 55.8 Å². The van der Waals surface area contributed by atoms with E-state index >= 15 is 0 Å². The molecule has 0 spiro atoms. The predicted octanol–water partition coefficient (Wildman–Crippen LogP) is 5.00. The van der Waals surface area contributed by atoms with Crippen molar-refractivity contribution in [3.05, 3.63) is 60.3 Å². The summed E-state index contributed by atoms with van der Waals surface area (Å²) in [5.41, 5.74) is 6.00. The van der Waals surface area contributed by atoms with Crippen LogP contribution in [0, 0.1) is 6.92 Å². The number of benzene rings is 2. The first kappa shape index (κ1) is 17.8. The molecule has 2 heterocycles. The summed E-state index contributed by atoms with van der Waals surface area (Å²) in [4.78, 5) is 7.41. The smallest absolute Gasteiger partial charge is 0.215 e. The first-order chi connectivity index (χ1) is 13.2. The number of fused-ring (bicyclic) bond motifs is 3. The highest BCUT2D eigenvalue weighted by Gasteiger charge is 2.15. The molecule has 4 aromatic rings. The molecular formula is C23H28N4. The Kier molecular flexibility index (Phi) is 4.99. The first-order valence-electron chi connectivity index (χ1n) is 9.97. The summed E-state index contributed by atoms with van der Waals surface area (Å²) in [5.74, 6) is 1.03. The Morgan fingerprint density at radius 3 is 2.44 bits per heavy atom. The van der Waals surface area contributed by atoms with Gasteiger partial charge in [0.1, 0.15) is 0 Å². The van der Waals surface area contributed by atoms with Gasteiger partial charge in [-0.05, 0) is 50.7 Å². The summed E-state index contributed by atoms with van der Waals surface area (Å²) < 4.78 is 4.62. The van der Waals surface area contributed by atoms with Gasteiger partial charge in [0.25, 0.3) is 0 Å². The summed E-state index contributed by atoms with van der Waals surface area (Å²) in [5, 5.41) is 0. The van der Waals surface area contributed by atoms with Crippen molar-refractivity contribution < 1.29 is 0 Å². The number of aromatic nitrogens is 3. The molecule has 0 amide bonds. The summed E-state index contributed by atoms with van der Waals surface area (Å²) in [6, 6.07) is 17.2. The van der Waals surface area contributed by atoms with E-state index in [-0.39, 0.29) is 0 Å². The molecule has 4 nitrogen and oxygen atoms in total. The molecule has 0 atom stereocenters. The summed E-state index contributed by atoms with van der Waals surface area (Å²) in [6.07, 6.45) is 3.36. The molecule has 2 aromatic carbocycles. The Morgan fingerprint density at radius 1 is 0.963 bits per heavy atom. The molecule has 0 saturated heterocycles. The Bertz CT molecular complexity index is 1040. The molecule has 0 aliphatic carbocycles. The Balaban J connectivity index is 1.77. The Hall–Kier alpha value is -2.59. The van der Waals surface area contributed by atoms with Crippen molar-refractivity contribution in [1.82, 2.24) is 18.9 Å². The topological polar surface area (TPSA) is 25.5 Å². The molecule has 0 unspecified atom stereocenters. The average Bonchev–Trinajstić information content (AvgIpc) is 3.22. The van der Waals surface area contributed by atoms with Crippen LogP contribution >= 0.6 is 0 Å². The average molecular weight is 361 g/mol. The van der Waals surface area contributed by atoms with Crippen molar-refractivity contribution >= 4 is 16.8 Å². The van der Waals surface area contributed by atoms with E-state index < -0.39 is 0 Å². The van der Waals surface area contributed by atoms with Crippen LogP contribution in [0.25, 0.3) is 28.1 Å². The molecule has 0 radical (unpaired) electrons. The lowest BCUT2D eigenvalue weighted by Gasteiger charge is -2.18. The van der Waals surface area contributed by atoms with Gasteiger partial charge in [0, 0.05) is 12.7 Å². The summed E-state index contributed by atoms with van der Waals surface area (Å²) in [7, 11) is 0. The van der Waals surface area contributed by atoms with Crippen LogP contribution in [-0.2, 0) is 6.54 Å². The maximum absolute atomic E-state index is 4.93. The van der Waals surface area contributed by atoms with Gasteiger partial charge in [0.05, 0.1) is 16.7 Å². The fourth-order valence-corrected chi connectivity index (χ4v) is 3.82. The zero-order chi connectivity index (χ0) is 18.8. The Labute approximate surface area is 161 Å². The minimum absolute atomic E-state index is 0.972. The van der Waals surface area contributed by atoms with E-state index in [9.17, 15) is 0 Å². The third-order valence-electron chi connectivity index (χ3n) is 5.46. The van der Waals surface area contributed by atoms with E-state index in [2.05, 4.69) is 89.4 Å². The lowest BCUT2D eigenvalue weighted by atomic mass is 10.1. The van der Waals surface area contributed by atoms with Gasteiger partial charge in [-0.15, -0.1) is 0 Å². The van der Waals surface area contributed by atoms with Crippen LogP contribution in [0.1, 0.15) is 25.8 Å². The van der Waals surface area contributed by atoms with E-state index in [1.807, 2.05) is 0 Å². The highest BCUT2D eigenvalue weighted by molar-refractivity contribution is 5.81. The van der Waals surface area contributed by atoms with E-state index in [1.54, 1.807) is 0 Å². The molecule has 4 heteroatoms. The quantitative estimate of drug-likeness (QED) is 0.464. The second-order valence-corrected chi connectivity index (χ2v) is 7.18. The minimum Gasteiger partial charge on any atom is -0.310 e. The van der Waals surface area contributed by atoms with Crippen molar-refractivity contribution in [1.29, 1.82) is 0 Å². The predicted molar refractivity (Wildman–Crippen MR) is 113 cm³/mol. The van der Waals surface area contributed by atoms with Gasteiger partial charge in [0.2, 0.25) is 5.78 Å². The molecule has 0 fully saturated rings. The van der Waals surface area contributed by atoms with Crippen LogP contribution in [0.2, 0.25) is 0 Å². The van der Waals surface area contributed by atoms with Gasteiger partial charge in [-0.3, -0.25) is 4.40 Å². The second kappa shape index (κ2) is 7.57. The molecule has 0 saturated carbocycles. The zero-order valence-corrected chi connectivity index (χ0v) is 16.5. The second-order valence-electron chi connectivity index (χ2n) is 7.18. The number of hydrogen-bond acceptors (Lipinski definition) is 2. The SMILES string of the molecule is CCN(CC)CCCn1c(-c2ccc(C)cc2)cn2c3ccccc3nc12. The largest absolute Gasteiger partial charge is 0.310 e. The van der Waals surface area contributed by atoms with Gasteiger partial charge in [0.15, 0.2) is 0 Å². The molecule has 2 aromatic heterocycles. The highest BCUT2D eigenvalue weighted by Crippen LogP contribution is 2.27. The van der Waals surface area contributed by atoms with Crippen LogP contribution < -0.4 is 0 Å². The van der Waals surface area contributed by atoms with E-state index in [0.717, 1.165) is 43.9 Å². The number of rotatable bonds is 7. The van der Waals surface area contributed by atoms with E-state index in [0.29, 0.717) is 0 Å². The number of imidazole rings is 2. The first-order valence-corrected chi connectivity index (χ1v) is 9.97. The molecule has 0 aliphatic heterocycles. The lowest BCUT2D eigenvalue weighted by Crippen LogP contribution is -2.24. The van der Waals surface area contributed by atoms with Crippen LogP contribution in [0.5, 0.6) is 0 Å². The van der Waals surface area contributed by atoms with Gasteiger partial charge in [-0.25, -0.2) is 4.98 Å². The van der Waals surface area contributed by atoms with E-state index in [1.165, 1.54) is 22.3 Å². The Morgan fingerprint density at radius 2 is 1.70 bits per heavy atom. The number of para-hydroxylation sites is 2. The molecule has 27 heavy (non-hydrogen) atoms. The van der Waals surface area contributed by atoms with Crippen LogP contribution in [0.4, 0.5) is 0 Å². The third kappa shape index (κ3) is 3.37. The van der Waals surface area contributed by atoms with Gasteiger partial charge >= 0.3 is 0 Å². The van der Waals surface area contributed by atoms with Crippen LogP contribution in [-0.4, -0.2) is 38.5 Å². The standard InChI is InChI=1S/C23H28N4/c1-4-25(5-2)15-8-16-26-22(19-13-11-18(3)12-14-19)17-27-21-10-7-6-9-20(21)24-23(26)27/h6-7,9-14,17H,4-5,8,15-16H2,1-3H3. The fraction of sp³-hybridized carbons (Fsp3) is 0.348. The number of aryl methyl sites for hydroxylation is 2. The monoisotopic (exact) mass is 360 g/mol. The summed E-state index contributed by atoms with van der Waals surface area (Å²) in [6.45, 7) is 10.9. The molecule has 0 bridgehead atoms. The van der Waals surface area contributed by atoms with Crippen LogP contribution in [0.3, 0.4) is 0 Å². The zero-order valence-electron chi connectivity index (χ0n) is 16.5. The molecule has 140 valence electrons. The highest BCUT2D eigenvalue weighted by atomic mass is 15.2. The maximum Gasteiger partial charge on any atom is 0.215 e. The molecule has 0 N–H and O–H groups in total. The molecular weight excluding hydrogens is 332 g/mol. The fourth-order valence-electron chi connectivity index (χ4n) is 3.82.